The molecule has 0 saturated heterocycles. The van der Waals surface area contributed by atoms with Gasteiger partial charge in [0, 0.05) is 0 Å². The van der Waals surface area contributed by atoms with Crippen LogP contribution in [-0.4, -0.2) is 27.3 Å². The van der Waals surface area contributed by atoms with E-state index in [2.05, 4.69) is 27.7 Å². The van der Waals surface area contributed by atoms with Gasteiger partial charge in [0.05, 0.1) is 0 Å². The number of hydrogen-bond donors (Lipinski definition) is 0. The third kappa shape index (κ3) is 89.1. The van der Waals surface area contributed by atoms with E-state index in [0.29, 0.717) is 5.41 Å². The number of hydrogen-bond acceptors (Lipinski definition) is 0. The van der Waals surface area contributed by atoms with Gasteiger partial charge in [-0.15, -0.1) is 0 Å². The molecule has 0 rings (SSSR count). The van der Waals surface area contributed by atoms with Gasteiger partial charge >= 0.3 is 27.3 Å². The van der Waals surface area contributed by atoms with Crippen LogP contribution in [0.2, 0.25) is 0 Å². The molecule has 0 nitrogen and oxygen atoms in total. The van der Waals surface area contributed by atoms with Crippen LogP contribution in [-0.2, 0) is 0 Å². The van der Waals surface area contributed by atoms with Gasteiger partial charge in [0.25, 0.3) is 0 Å². The van der Waals surface area contributed by atoms with Crippen molar-refractivity contribution >= 4 is 27.3 Å². The van der Waals surface area contributed by atoms with Gasteiger partial charge in [0.1, 0.15) is 0 Å². The van der Waals surface area contributed by atoms with Crippen molar-refractivity contribution < 1.29 is 0 Å². The summed E-state index contributed by atoms with van der Waals surface area (Å²) in [5, 5.41) is 0. The molecule has 0 aliphatic heterocycles. The Morgan fingerprint density at radius 2 is 0.833 bits per heavy atom. The van der Waals surface area contributed by atoms with E-state index in [4.69, 9.17) is 0 Å². The first-order valence-electron chi connectivity index (χ1n) is 2.00. The number of rotatable bonds is 0. The van der Waals surface area contributed by atoms with Crippen molar-refractivity contribution in [2.45, 2.75) is 27.7 Å². The summed E-state index contributed by atoms with van der Waals surface area (Å²) in [4.78, 5) is 0. The van der Waals surface area contributed by atoms with E-state index in [1.165, 1.54) is 0 Å². The molecule has 6 heavy (non-hydrogen) atoms. The Bertz CT molecular complexity index is 19.4. The van der Waals surface area contributed by atoms with E-state index in [0.717, 1.165) is 0 Å². The van der Waals surface area contributed by atoms with Crippen LogP contribution < -0.4 is 0 Å². The first-order chi connectivity index (χ1) is 2.00. The Hall–Kier alpha value is 0.922. The summed E-state index contributed by atoms with van der Waals surface area (Å²) in [6.07, 6.45) is 0. The van der Waals surface area contributed by atoms with Crippen LogP contribution >= 0.6 is 0 Å². The van der Waals surface area contributed by atoms with E-state index in [9.17, 15) is 0 Å². The molecule has 0 aromatic rings. The van der Waals surface area contributed by atoms with E-state index < -0.39 is 0 Å². The van der Waals surface area contributed by atoms with Crippen LogP contribution in [0.1, 0.15) is 27.7 Å². The molecule has 38 valence electrons. The Balaban J connectivity index is 0. The normalized spacial score (nSPS) is 10.0. The molecule has 0 aliphatic carbocycles. The minimum atomic E-state index is 0. The quantitative estimate of drug-likeness (QED) is 0.584. The van der Waals surface area contributed by atoms with Crippen molar-refractivity contribution in [3.63, 3.8) is 0 Å². The van der Waals surface area contributed by atoms with Crippen molar-refractivity contribution in [3.05, 3.63) is 0 Å². The average molecular weight is 281 g/mol. The molecule has 0 fully saturated rings. The predicted molar refractivity (Wildman–Crippen MR) is 33.7 cm³/mol. The molecule has 0 aliphatic rings. The van der Waals surface area contributed by atoms with E-state index in [1.54, 1.807) is 0 Å². The van der Waals surface area contributed by atoms with Crippen LogP contribution in [0.3, 0.4) is 0 Å². The van der Waals surface area contributed by atoms with Gasteiger partial charge in [-0.1, -0.05) is 27.7 Å². The molecule has 0 saturated carbocycles. The van der Waals surface area contributed by atoms with E-state index in [1.807, 2.05) is 0 Å². The summed E-state index contributed by atoms with van der Waals surface area (Å²) >= 11 is 0. The van der Waals surface area contributed by atoms with E-state index in [-0.39, 0.29) is 27.3 Å². The van der Waals surface area contributed by atoms with Gasteiger partial charge in [-0.25, -0.2) is 0 Å². The maximum atomic E-state index is 2.19. The van der Waals surface area contributed by atoms with Crippen molar-refractivity contribution in [2.75, 3.05) is 0 Å². The zero-order valence-electron chi connectivity index (χ0n) is 5.21. The van der Waals surface area contributed by atoms with Crippen molar-refractivity contribution in [1.82, 2.24) is 0 Å². The van der Waals surface area contributed by atoms with Crippen LogP contribution in [0, 0.1) is 5.41 Å². The molecule has 0 amide bonds. The van der Waals surface area contributed by atoms with Crippen LogP contribution in [0.15, 0.2) is 0 Å². The zero-order valence-corrected chi connectivity index (χ0v) is 10.7. The van der Waals surface area contributed by atoms with Crippen molar-refractivity contribution in [3.8, 4) is 0 Å². The summed E-state index contributed by atoms with van der Waals surface area (Å²) in [6, 6.07) is 0. The maximum absolute atomic E-state index is 2.19. The fraction of sp³-hybridized carbons (Fsp3) is 1.00. The van der Waals surface area contributed by atoms with Gasteiger partial charge in [0.2, 0.25) is 0 Å². The van der Waals surface area contributed by atoms with E-state index >= 15 is 0 Å². The average Bonchev–Trinajstić information content (AvgIpc) is 0.722. The fourth-order valence-electron chi connectivity index (χ4n) is 0. The van der Waals surface area contributed by atoms with Gasteiger partial charge in [0.15, 0.2) is 0 Å². The molecule has 0 spiro atoms. The third-order valence-corrected chi connectivity index (χ3v) is 0. The Morgan fingerprint density at radius 1 is 0.833 bits per heavy atom. The molecule has 0 unspecified atom stereocenters. The summed E-state index contributed by atoms with van der Waals surface area (Å²) in [6.45, 7) is 8.75. The van der Waals surface area contributed by atoms with Crippen molar-refractivity contribution in [1.29, 1.82) is 0 Å². The second-order valence-corrected chi connectivity index (χ2v) is 3.00. The molecular formula is C5H14Pb. The molecule has 1 heteroatoms. The van der Waals surface area contributed by atoms with Gasteiger partial charge in [-0.2, -0.15) is 0 Å². The molecule has 0 aromatic carbocycles. The first-order valence-corrected chi connectivity index (χ1v) is 2.00. The SMILES string of the molecule is CC(C)(C)C.[PbH2]. The second kappa shape index (κ2) is 2.99. The minimum absolute atomic E-state index is 0. The van der Waals surface area contributed by atoms with Gasteiger partial charge in [-0.05, 0) is 5.41 Å². The summed E-state index contributed by atoms with van der Waals surface area (Å²) < 4.78 is 0. The third-order valence-electron chi connectivity index (χ3n) is 0. The molecule has 0 atom stereocenters. The standard InChI is InChI=1S/C5H12.Pb.2H/c1-5(2,3)4;;;/h1-4H3;;;. The summed E-state index contributed by atoms with van der Waals surface area (Å²) in [7, 11) is 0. The van der Waals surface area contributed by atoms with Crippen molar-refractivity contribution in [2.24, 2.45) is 5.41 Å². The fourth-order valence-corrected chi connectivity index (χ4v) is 0. The molecule has 2 radical (unpaired) electrons. The molecule has 0 aromatic heterocycles. The summed E-state index contributed by atoms with van der Waals surface area (Å²) in [5.41, 5.74) is 0.500. The van der Waals surface area contributed by atoms with Gasteiger partial charge in [-0.3, -0.25) is 0 Å². The predicted octanol–water partition coefficient (Wildman–Crippen LogP) is 1.14. The first kappa shape index (κ1) is 10.0. The van der Waals surface area contributed by atoms with Crippen LogP contribution in [0.25, 0.3) is 0 Å². The topological polar surface area (TPSA) is 0 Å². The zero-order chi connectivity index (χ0) is 4.50. The second-order valence-electron chi connectivity index (χ2n) is 3.00. The Kier molecular flexibility index (Phi) is 5.00. The Labute approximate surface area is 60.5 Å². The Morgan fingerprint density at radius 3 is 0.833 bits per heavy atom. The van der Waals surface area contributed by atoms with Gasteiger partial charge < -0.3 is 0 Å². The molecular weight excluding hydrogens is 267 g/mol. The monoisotopic (exact) mass is 282 g/mol. The molecule has 0 N–H and O–H groups in total. The molecule has 0 heterocycles. The van der Waals surface area contributed by atoms with Crippen LogP contribution in [0.5, 0.6) is 0 Å². The summed E-state index contributed by atoms with van der Waals surface area (Å²) in [5.74, 6) is 0. The molecule has 0 bridgehead atoms. The van der Waals surface area contributed by atoms with Crippen LogP contribution in [0.4, 0.5) is 0 Å².